The van der Waals surface area contributed by atoms with Crippen LogP contribution in [0.3, 0.4) is 0 Å². The van der Waals surface area contributed by atoms with E-state index in [2.05, 4.69) is 66.7 Å². The fourth-order valence-electron chi connectivity index (χ4n) is 10.2. The Kier molecular flexibility index (Phi) is 8.07. The van der Waals surface area contributed by atoms with Gasteiger partial charge in [0.2, 0.25) is 9.84 Å². The molecule has 1 unspecified atom stereocenters. The predicted molar refractivity (Wildman–Crippen MR) is 255 cm³/mol. The minimum absolute atomic E-state index is 0.252. The zero-order valence-corrected chi connectivity index (χ0v) is 35.4. The van der Waals surface area contributed by atoms with Crippen molar-refractivity contribution in [1.82, 2.24) is 19.9 Å². The molecule has 13 rings (SSSR count). The lowest BCUT2D eigenvalue weighted by molar-refractivity contribution is 0.579. The van der Waals surface area contributed by atoms with Crippen molar-refractivity contribution in [2.75, 3.05) is 0 Å². The SMILES string of the molecule is O=S1(=O)c2ccccc2C2(c3ccccc3-c3ccccc3-c3ccc(-c4cc(-c5cnc(-c6ccccc6)nc5)nc(-c5ccccc5)n4)cc32)c2cc3oc4ccccc4c3cc21. The number of furan rings is 1. The fraction of sp³-hybridized carbons (Fsp3) is 0.0175. The Morgan fingerprint density at radius 1 is 0.385 bits per heavy atom. The maximum Gasteiger partial charge on any atom is 0.207 e. The lowest BCUT2D eigenvalue weighted by Crippen LogP contribution is -2.38. The van der Waals surface area contributed by atoms with Crippen LogP contribution in [-0.2, 0) is 15.3 Å². The van der Waals surface area contributed by atoms with Crippen molar-refractivity contribution in [3.05, 3.63) is 229 Å². The molecule has 8 aromatic carbocycles. The van der Waals surface area contributed by atoms with Gasteiger partial charge in [0.25, 0.3) is 0 Å². The summed E-state index contributed by atoms with van der Waals surface area (Å²) in [5, 5.41) is 1.61. The molecule has 65 heavy (non-hydrogen) atoms. The smallest absolute Gasteiger partial charge is 0.207 e. The van der Waals surface area contributed by atoms with Gasteiger partial charge in [-0.15, -0.1) is 0 Å². The van der Waals surface area contributed by atoms with Gasteiger partial charge in [-0.05, 0) is 80.9 Å². The highest BCUT2D eigenvalue weighted by atomic mass is 32.2. The second kappa shape index (κ2) is 14.1. The number of sulfone groups is 1. The summed E-state index contributed by atoms with van der Waals surface area (Å²) in [4.78, 5) is 20.4. The van der Waals surface area contributed by atoms with Gasteiger partial charge in [-0.3, -0.25) is 0 Å². The molecule has 3 aromatic heterocycles. The number of hydrogen-bond acceptors (Lipinski definition) is 7. The quantitative estimate of drug-likeness (QED) is 0.174. The standard InChI is InChI=1S/C57H34N4O3S/c62-65(63)53-26-14-12-24-46(53)57(48-31-52-44(30-54(48)65)43-22-10-13-25-51(43)64-52)45-23-11-9-21-41(45)39-19-7-8-20-40(39)42-28-27-37(29-47(42)57)49-32-50(61-56(60-49)36-17-5-2-6-18-36)38-33-58-55(59-34-38)35-15-3-1-4-16-35/h1-34H. The molecule has 0 amide bonds. The molecule has 0 bridgehead atoms. The van der Waals surface area contributed by atoms with Gasteiger partial charge in [0.05, 0.1) is 26.6 Å². The maximum absolute atomic E-state index is 15.2. The molecular weight excluding hydrogens is 821 g/mol. The van der Waals surface area contributed by atoms with Crippen LogP contribution in [0, 0.1) is 0 Å². The molecule has 0 radical (unpaired) electrons. The number of rotatable bonds is 4. The van der Waals surface area contributed by atoms with Crippen LogP contribution in [0.15, 0.2) is 221 Å². The van der Waals surface area contributed by atoms with E-state index >= 15 is 8.42 Å². The van der Waals surface area contributed by atoms with E-state index in [4.69, 9.17) is 24.4 Å². The van der Waals surface area contributed by atoms with E-state index in [0.29, 0.717) is 45.3 Å². The molecule has 1 atom stereocenters. The highest BCUT2D eigenvalue weighted by molar-refractivity contribution is 7.91. The van der Waals surface area contributed by atoms with Crippen molar-refractivity contribution in [1.29, 1.82) is 0 Å². The number of fused-ring (bicyclic) bond motifs is 14. The number of hydrogen-bond donors (Lipinski definition) is 0. The van der Waals surface area contributed by atoms with Gasteiger partial charge in [-0.2, -0.15) is 0 Å². The molecule has 0 N–H and O–H groups in total. The highest BCUT2D eigenvalue weighted by Gasteiger charge is 2.52. The highest BCUT2D eigenvalue weighted by Crippen LogP contribution is 2.60. The second-order valence-electron chi connectivity index (χ2n) is 16.5. The van der Waals surface area contributed by atoms with Crippen LogP contribution in [-0.4, -0.2) is 28.4 Å². The van der Waals surface area contributed by atoms with E-state index in [9.17, 15) is 0 Å². The minimum atomic E-state index is -4.03. The predicted octanol–water partition coefficient (Wildman–Crippen LogP) is 13.0. The zero-order chi connectivity index (χ0) is 43.3. The number of para-hydroxylation sites is 1. The van der Waals surface area contributed by atoms with Gasteiger partial charge in [0.15, 0.2) is 11.6 Å². The van der Waals surface area contributed by atoms with Gasteiger partial charge in [0, 0.05) is 45.4 Å². The van der Waals surface area contributed by atoms with Gasteiger partial charge < -0.3 is 4.42 Å². The van der Waals surface area contributed by atoms with Crippen molar-refractivity contribution < 1.29 is 12.8 Å². The summed E-state index contributed by atoms with van der Waals surface area (Å²) in [5.74, 6) is 1.18. The van der Waals surface area contributed by atoms with Gasteiger partial charge in [-0.1, -0.05) is 158 Å². The largest absolute Gasteiger partial charge is 0.456 e. The second-order valence-corrected chi connectivity index (χ2v) is 18.4. The molecule has 11 aromatic rings. The first-order valence-electron chi connectivity index (χ1n) is 21.4. The topological polar surface area (TPSA) is 98.8 Å². The summed E-state index contributed by atoms with van der Waals surface area (Å²) >= 11 is 0. The van der Waals surface area contributed by atoms with Crippen molar-refractivity contribution in [3.8, 4) is 67.5 Å². The van der Waals surface area contributed by atoms with E-state index in [0.717, 1.165) is 66.4 Å². The summed E-state index contributed by atoms with van der Waals surface area (Å²) < 4.78 is 37.0. The minimum Gasteiger partial charge on any atom is -0.456 e. The molecule has 0 saturated heterocycles. The van der Waals surface area contributed by atoms with Gasteiger partial charge >= 0.3 is 0 Å². The average Bonchev–Trinajstić information content (AvgIpc) is 3.70. The molecule has 1 aliphatic carbocycles. The molecule has 1 aliphatic heterocycles. The van der Waals surface area contributed by atoms with Crippen LogP contribution in [0.1, 0.15) is 22.3 Å². The summed E-state index contributed by atoms with van der Waals surface area (Å²) in [6.07, 6.45) is 3.62. The van der Waals surface area contributed by atoms with Crippen LogP contribution >= 0.6 is 0 Å². The average molecular weight is 855 g/mol. The summed E-state index contributed by atoms with van der Waals surface area (Å²) in [5.41, 5.74) is 12.2. The first-order valence-corrected chi connectivity index (χ1v) is 22.9. The Hall–Kier alpha value is -8.33. The lowest BCUT2D eigenvalue weighted by atomic mass is 9.63. The lowest BCUT2D eigenvalue weighted by Gasteiger charge is -2.42. The molecular formula is C57H34N4O3S. The third-order valence-electron chi connectivity index (χ3n) is 13.0. The third kappa shape index (κ3) is 5.51. The van der Waals surface area contributed by atoms with Crippen molar-refractivity contribution in [2.45, 2.75) is 15.2 Å². The Morgan fingerprint density at radius 2 is 0.969 bits per heavy atom. The Balaban J connectivity index is 1.13. The number of benzene rings is 8. The van der Waals surface area contributed by atoms with E-state index in [1.807, 2.05) is 134 Å². The van der Waals surface area contributed by atoms with Crippen molar-refractivity contribution >= 4 is 31.8 Å². The first kappa shape index (κ1) is 37.2. The normalized spacial score (nSPS) is 15.4. The Morgan fingerprint density at radius 3 is 1.71 bits per heavy atom. The zero-order valence-electron chi connectivity index (χ0n) is 34.6. The molecule has 4 heterocycles. The molecule has 306 valence electrons. The molecule has 1 spiro atoms. The van der Waals surface area contributed by atoms with Crippen LogP contribution in [0.5, 0.6) is 0 Å². The molecule has 7 nitrogen and oxygen atoms in total. The van der Waals surface area contributed by atoms with Crippen LogP contribution in [0.2, 0.25) is 0 Å². The molecule has 0 fully saturated rings. The summed E-state index contributed by atoms with van der Waals surface area (Å²) in [6.45, 7) is 0. The molecule has 0 saturated carbocycles. The van der Waals surface area contributed by atoms with Gasteiger partial charge in [-0.25, -0.2) is 28.4 Å². The monoisotopic (exact) mass is 854 g/mol. The Bertz CT molecular complexity index is 3850. The summed E-state index contributed by atoms with van der Waals surface area (Å²) in [7, 11) is -4.03. The van der Waals surface area contributed by atoms with E-state index < -0.39 is 15.3 Å². The number of aromatic nitrogens is 4. The first-order chi connectivity index (χ1) is 32.0. The molecule has 8 heteroatoms. The van der Waals surface area contributed by atoms with Gasteiger partial charge in [0.1, 0.15) is 11.2 Å². The Labute approximate surface area is 374 Å². The van der Waals surface area contributed by atoms with Crippen LogP contribution < -0.4 is 0 Å². The van der Waals surface area contributed by atoms with E-state index in [-0.39, 0.29) is 9.79 Å². The van der Waals surface area contributed by atoms with Crippen molar-refractivity contribution in [2.24, 2.45) is 0 Å². The summed E-state index contributed by atoms with van der Waals surface area (Å²) in [6, 6.07) is 64.3. The number of nitrogens with zero attached hydrogens (tertiary/aromatic N) is 4. The van der Waals surface area contributed by atoms with Crippen LogP contribution in [0.25, 0.3) is 89.5 Å². The molecule has 2 aliphatic rings. The van der Waals surface area contributed by atoms with Crippen molar-refractivity contribution in [3.63, 3.8) is 0 Å². The van der Waals surface area contributed by atoms with E-state index in [1.54, 1.807) is 6.07 Å². The fourth-order valence-corrected chi connectivity index (χ4v) is 11.9. The third-order valence-corrected chi connectivity index (χ3v) is 14.9. The van der Waals surface area contributed by atoms with Crippen LogP contribution in [0.4, 0.5) is 0 Å². The maximum atomic E-state index is 15.2. The van der Waals surface area contributed by atoms with E-state index in [1.165, 1.54) is 0 Å².